The molecule has 176 valence electrons. The number of likely N-dealkylation sites (N-methyl/N-ethyl adjacent to an activating group) is 1. The summed E-state index contributed by atoms with van der Waals surface area (Å²) in [5.41, 5.74) is 5.85. The number of methoxy groups -OCH3 is 1. The number of halogens is 1. The normalized spacial score (nSPS) is 20.2. The Morgan fingerprint density at radius 3 is 2.70 bits per heavy atom. The van der Waals surface area contributed by atoms with Crippen LogP contribution in [0.3, 0.4) is 0 Å². The summed E-state index contributed by atoms with van der Waals surface area (Å²) in [6, 6.07) is 10.5. The number of pyridine rings is 1. The standard InChI is InChI=1S/C26H33FN3O3/c1-17-12-18(2)24(23(13-17)33-16-27)21-6-5-7-22-25(26(31-4)28-29(21)22)30(3,14-19-8-9-19)20-10-11-32-15-20/h5-7,12-13,19-20H,8-11,14-16H2,1-4H3/q+1. The van der Waals surface area contributed by atoms with Gasteiger partial charge < -0.3 is 14.2 Å². The van der Waals surface area contributed by atoms with Gasteiger partial charge in [-0.05, 0) is 56.0 Å². The van der Waals surface area contributed by atoms with Gasteiger partial charge in [0, 0.05) is 17.9 Å². The van der Waals surface area contributed by atoms with Gasteiger partial charge in [-0.3, -0.25) is 4.48 Å². The molecular formula is C26H33FN3O3+. The fourth-order valence-electron chi connectivity index (χ4n) is 5.50. The maximum absolute atomic E-state index is 13.3. The molecule has 3 aromatic rings. The molecule has 1 aliphatic carbocycles. The van der Waals surface area contributed by atoms with Crippen LogP contribution in [0.1, 0.15) is 30.4 Å². The molecule has 0 radical (unpaired) electrons. The molecule has 2 atom stereocenters. The summed E-state index contributed by atoms with van der Waals surface area (Å²) < 4.78 is 33.1. The van der Waals surface area contributed by atoms with Crippen molar-refractivity contribution in [2.75, 3.05) is 40.8 Å². The molecule has 6 nitrogen and oxygen atoms in total. The molecular weight excluding hydrogens is 421 g/mol. The zero-order chi connectivity index (χ0) is 23.2. The van der Waals surface area contributed by atoms with Crippen LogP contribution in [0, 0.1) is 19.8 Å². The number of hydrogen-bond donors (Lipinski definition) is 0. The summed E-state index contributed by atoms with van der Waals surface area (Å²) in [6.45, 7) is 5.73. The zero-order valence-electron chi connectivity index (χ0n) is 19.9. The van der Waals surface area contributed by atoms with E-state index in [2.05, 4.69) is 19.2 Å². The number of nitrogens with zero attached hydrogens (tertiary/aromatic N) is 3. The van der Waals surface area contributed by atoms with Gasteiger partial charge in [-0.2, -0.15) is 0 Å². The van der Waals surface area contributed by atoms with Gasteiger partial charge in [-0.25, -0.2) is 8.91 Å². The third-order valence-corrected chi connectivity index (χ3v) is 7.26. The van der Waals surface area contributed by atoms with Crippen LogP contribution < -0.4 is 14.0 Å². The summed E-state index contributed by atoms with van der Waals surface area (Å²) in [6.07, 6.45) is 3.58. The lowest BCUT2D eigenvalue weighted by Crippen LogP contribution is -2.55. The van der Waals surface area contributed by atoms with Crippen LogP contribution in [-0.2, 0) is 4.74 Å². The Morgan fingerprint density at radius 1 is 1.21 bits per heavy atom. The molecule has 33 heavy (non-hydrogen) atoms. The van der Waals surface area contributed by atoms with E-state index in [-0.39, 0.29) is 0 Å². The first kappa shape index (κ1) is 22.2. The molecule has 0 spiro atoms. The fraction of sp³-hybridized carbons (Fsp3) is 0.500. The quantitative estimate of drug-likeness (QED) is 0.446. The van der Waals surface area contributed by atoms with Gasteiger partial charge in [0.05, 0.1) is 39.6 Å². The maximum atomic E-state index is 13.3. The number of alkyl halides is 1. The number of hydrogen-bond acceptors (Lipinski definition) is 4. The molecule has 2 fully saturated rings. The molecule has 0 bridgehead atoms. The Bertz CT molecular complexity index is 1170. The van der Waals surface area contributed by atoms with E-state index in [4.69, 9.17) is 19.3 Å². The summed E-state index contributed by atoms with van der Waals surface area (Å²) in [5, 5.41) is 4.93. The molecule has 5 rings (SSSR count). The Balaban J connectivity index is 1.73. The van der Waals surface area contributed by atoms with E-state index in [1.165, 1.54) is 12.8 Å². The molecule has 1 saturated heterocycles. The fourth-order valence-corrected chi connectivity index (χ4v) is 5.50. The van der Waals surface area contributed by atoms with E-state index >= 15 is 0 Å². The van der Waals surface area contributed by atoms with Crippen LogP contribution in [0.5, 0.6) is 11.6 Å². The van der Waals surface area contributed by atoms with E-state index in [0.29, 0.717) is 17.7 Å². The van der Waals surface area contributed by atoms with Crippen molar-refractivity contribution in [3.8, 4) is 22.9 Å². The monoisotopic (exact) mass is 454 g/mol. The average Bonchev–Trinajstić information content (AvgIpc) is 3.27. The van der Waals surface area contributed by atoms with Crippen molar-refractivity contribution >= 4 is 11.2 Å². The highest BCUT2D eigenvalue weighted by molar-refractivity contribution is 5.82. The van der Waals surface area contributed by atoms with Gasteiger partial charge in [0.25, 0.3) is 5.88 Å². The third-order valence-electron chi connectivity index (χ3n) is 7.26. The molecule has 3 heterocycles. The summed E-state index contributed by atoms with van der Waals surface area (Å²) >= 11 is 0. The number of fused-ring (bicyclic) bond motifs is 1. The minimum absolute atomic E-state index is 0.364. The van der Waals surface area contributed by atoms with E-state index in [0.717, 1.165) is 70.2 Å². The highest BCUT2D eigenvalue weighted by Crippen LogP contribution is 2.45. The van der Waals surface area contributed by atoms with Crippen LogP contribution in [0.15, 0.2) is 30.3 Å². The van der Waals surface area contributed by atoms with Gasteiger partial charge in [0.1, 0.15) is 17.3 Å². The minimum Gasteiger partial charge on any atom is -0.476 e. The predicted molar refractivity (Wildman–Crippen MR) is 128 cm³/mol. The molecule has 7 heteroatoms. The largest absolute Gasteiger partial charge is 0.476 e. The molecule has 0 N–H and O–H groups in total. The SMILES string of the molecule is COc1nn2c(-c3c(C)cc(C)cc3OCF)cccc2c1[N+](C)(CC1CC1)C1CCOC1. The van der Waals surface area contributed by atoms with Gasteiger partial charge in [-0.15, -0.1) is 5.10 Å². The molecule has 2 unspecified atom stereocenters. The number of quaternary nitrogens is 1. The highest BCUT2D eigenvalue weighted by Gasteiger charge is 2.46. The minimum atomic E-state index is -0.877. The number of aryl methyl sites for hydroxylation is 2. The summed E-state index contributed by atoms with van der Waals surface area (Å²) in [5.74, 6) is 1.88. The van der Waals surface area contributed by atoms with Crippen LogP contribution in [0.4, 0.5) is 10.1 Å². The van der Waals surface area contributed by atoms with E-state index in [9.17, 15) is 4.39 Å². The Morgan fingerprint density at radius 2 is 2.03 bits per heavy atom. The molecule has 1 aromatic carbocycles. The average molecular weight is 455 g/mol. The van der Waals surface area contributed by atoms with Crippen LogP contribution >= 0.6 is 0 Å². The van der Waals surface area contributed by atoms with Crippen LogP contribution in [0.25, 0.3) is 16.8 Å². The Labute approximate surface area is 194 Å². The molecule has 0 amide bonds. The van der Waals surface area contributed by atoms with Crippen molar-refractivity contribution in [2.24, 2.45) is 5.92 Å². The van der Waals surface area contributed by atoms with Crippen molar-refractivity contribution in [1.82, 2.24) is 14.1 Å². The number of aromatic nitrogens is 2. The second-order valence-corrected chi connectivity index (χ2v) is 9.69. The van der Waals surface area contributed by atoms with Crippen LogP contribution in [0.2, 0.25) is 0 Å². The van der Waals surface area contributed by atoms with Crippen molar-refractivity contribution in [3.63, 3.8) is 0 Å². The third kappa shape index (κ3) is 3.87. The van der Waals surface area contributed by atoms with E-state index in [1.54, 1.807) is 7.11 Å². The number of benzene rings is 1. The lowest BCUT2D eigenvalue weighted by Gasteiger charge is -2.38. The van der Waals surface area contributed by atoms with Crippen molar-refractivity contribution in [2.45, 2.75) is 39.2 Å². The smallest absolute Gasteiger partial charge is 0.296 e. The first-order valence-electron chi connectivity index (χ1n) is 11.8. The van der Waals surface area contributed by atoms with E-state index < -0.39 is 6.86 Å². The summed E-state index contributed by atoms with van der Waals surface area (Å²) in [4.78, 5) is 0. The van der Waals surface area contributed by atoms with Gasteiger partial charge in [0.2, 0.25) is 12.5 Å². The Kier molecular flexibility index (Phi) is 5.79. The molecule has 2 aromatic heterocycles. The van der Waals surface area contributed by atoms with Crippen molar-refractivity contribution in [3.05, 3.63) is 41.5 Å². The van der Waals surface area contributed by atoms with Crippen molar-refractivity contribution < 1.29 is 18.6 Å². The predicted octanol–water partition coefficient (Wildman–Crippen LogP) is 5.07. The van der Waals surface area contributed by atoms with E-state index in [1.807, 2.05) is 36.6 Å². The molecule has 1 aliphatic heterocycles. The van der Waals surface area contributed by atoms with Gasteiger partial charge in [-0.1, -0.05) is 12.1 Å². The highest BCUT2D eigenvalue weighted by atomic mass is 19.1. The lowest BCUT2D eigenvalue weighted by atomic mass is 10.0. The molecule has 2 aliphatic rings. The van der Waals surface area contributed by atoms with Crippen molar-refractivity contribution in [1.29, 1.82) is 0 Å². The second-order valence-electron chi connectivity index (χ2n) is 9.69. The second kappa shape index (κ2) is 8.61. The first-order valence-corrected chi connectivity index (χ1v) is 11.8. The number of ether oxygens (including phenoxy) is 3. The molecule has 1 saturated carbocycles. The maximum Gasteiger partial charge on any atom is 0.296 e. The van der Waals surface area contributed by atoms with Gasteiger partial charge in [0.15, 0.2) is 0 Å². The zero-order valence-corrected chi connectivity index (χ0v) is 19.9. The lowest BCUT2D eigenvalue weighted by molar-refractivity contribution is 0.157. The number of rotatable bonds is 8. The Hall–Kier alpha value is -2.64. The summed E-state index contributed by atoms with van der Waals surface area (Å²) in [7, 11) is 3.99. The topological polar surface area (TPSA) is 45.0 Å². The van der Waals surface area contributed by atoms with Gasteiger partial charge >= 0.3 is 0 Å². The van der Waals surface area contributed by atoms with Crippen LogP contribution in [-0.4, -0.2) is 56.4 Å². The first-order chi connectivity index (χ1) is 16.0.